The Balaban J connectivity index is 1.74. The number of allylic oxidation sites excluding steroid dienone is 2. The van der Waals surface area contributed by atoms with Crippen molar-refractivity contribution in [2.24, 2.45) is 11.3 Å². The van der Waals surface area contributed by atoms with E-state index in [1.54, 1.807) is 6.92 Å². The van der Waals surface area contributed by atoms with Gasteiger partial charge in [0.2, 0.25) is 12.2 Å². The molecule has 0 aromatic heterocycles. The third-order valence-corrected chi connectivity index (χ3v) is 10.5. The molecule has 0 aliphatic carbocycles. The number of aliphatic carboxylic acids is 1. The average Bonchev–Trinajstić information content (AvgIpc) is 3.42. The minimum Gasteiger partial charge on any atom is -0.495 e. The molecule has 2 heterocycles. The minimum atomic E-state index is -1.87. The predicted octanol–water partition coefficient (Wildman–Crippen LogP) is 5.63. The maximum absolute atomic E-state index is 16.0. The van der Waals surface area contributed by atoms with Crippen LogP contribution in [0.1, 0.15) is 71.4 Å². The van der Waals surface area contributed by atoms with E-state index in [4.69, 9.17) is 37.4 Å². The molecule has 0 radical (unpaired) electrons. The summed E-state index contributed by atoms with van der Waals surface area (Å²) in [5, 5.41) is 47.3. The van der Waals surface area contributed by atoms with Crippen molar-refractivity contribution in [1.82, 2.24) is 10.6 Å². The standard InChI is InChI=1S/C39H45Cl2F2N3O9/c1-8-21-31(47)33(35(50)51)54-37(32(21)48)55-36(52)18(2)14-26(53-7)19(3)45-34(49)30-28(22-10-9-11-24(41)29(22)43)39(17-44,27(46-30)16-38(4,5)6)23-13-12-20(40)15-25(23)42/h9-15,21,27-28,30-33,37,46-48H,8,16H2,1-7H3,(H,45,49)(H,50,51). The molecule has 0 saturated carbocycles. The molecule has 2 saturated heterocycles. The van der Waals surface area contributed by atoms with E-state index in [9.17, 15) is 35.0 Å². The van der Waals surface area contributed by atoms with E-state index in [1.807, 2.05) is 20.8 Å². The van der Waals surface area contributed by atoms with Crippen LogP contribution in [0, 0.1) is 34.3 Å². The van der Waals surface area contributed by atoms with E-state index in [1.165, 1.54) is 57.4 Å². The van der Waals surface area contributed by atoms with Gasteiger partial charge in [0.15, 0.2) is 6.10 Å². The number of carboxylic acid groups (broad SMARTS) is 1. The van der Waals surface area contributed by atoms with Crippen LogP contribution < -0.4 is 10.6 Å². The summed E-state index contributed by atoms with van der Waals surface area (Å²) < 4.78 is 48.0. The van der Waals surface area contributed by atoms with Crippen molar-refractivity contribution in [2.75, 3.05) is 7.11 Å². The summed E-state index contributed by atoms with van der Waals surface area (Å²) in [5.41, 5.74) is -2.57. The molecule has 0 bridgehead atoms. The number of ether oxygens (including phenoxy) is 3. The topological polar surface area (TPSA) is 187 Å². The molecular weight excluding hydrogens is 763 g/mol. The van der Waals surface area contributed by atoms with Crippen LogP contribution in [0.3, 0.4) is 0 Å². The molecule has 55 heavy (non-hydrogen) atoms. The lowest BCUT2D eigenvalue weighted by Crippen LogP contribution is -2.57. The van der Waals surface area contributed by atoms with Gasteiger partial charge in [0.25, 0.3) is 0 Å². The minimum absolute atomic E-state index is 0.0387. The number of aliphatic hydroxyl groups is 2. The summed E-state index contributed by atoms with van der Waals surface area (Å²) in [6, 6.07) is 8.03. The van der Waals surface area contributed by atoms with Crippen molar-refractivity contribution in [2.45, 2.75) is 102 Å². The monoisotopic (exact) mass is 807 g/mol. The molecule has 2 aromatic carbocycles. The molecule has 2 aliphatic heterocycles. The van der Waals surface area contributed by atoms with E-state index in [0.29, 0.717) is 0 Å². The third kappa shape index (κ3) is 8.98. The smallest absolute Gasteiger partial charge is 0.336 e. The number of aliphatic hydroxyl groups excluding tert-OH is 2. The highest BCUT2D eigenvalue weighted by atomic mass is 35.5. The first-order chi connectivity index (χ1) is 25.7. The summed E-state index contributed by atoms with van der Waals surface area (Å²) in [6.45, 7) is 10.1. The molecule has 2 fully saturated rings. The first kappa shape index (κ1) is 43.6. The Morgan fingerprint density at radius 2 is 1.80 bits per heavy atom. The summed E-state index contributed by atoms with van der Waals surface area (Å²) >= 11 is 12.3. The van der Waals surface area contributed by atoms with Crippen LogP contribution in [-0.4, -0.2) is 77.0 Å². The quantitative estimate of drug-likeness (QED) is 0.0820. The molecule has 0 spiro atoms. The van der Waals surface area contributed by atoms with Gasteiger partial charge in [0.1, 0.15) is 28.9 Å². The van der Waals surface area contributed by atoms with Crippen LogP contribution in [0.4, 0.5) is 8.78 Å². The van der Waals surface area contributed by atoms with E-state index in [-0.39, 0.29) is 51.0 Å². The Morgan fingerprint density at radius 1 is 1.13 bits per heavy atom. The molecule has 12 nitrogen and oxygen atoms in total. The zero-order valence-corrected chi connectivity index (χ0v) is 32.8. The fraction of sp³-hybridized carbons (Fsp3) is 0.487. The number of halogens is 4. The van der Waals surface area contributed by atoms with Crippen molar-refractivity contribution in [1.29, 1.82) is 5.26 Å². The number of carboxylic acids is 1. The van der Waals surface area contributed by atoms with Gasteiger partial charge in [-0.05, 0) is 61.9 Å². The van der Waals surface area contributed by atoms with E-state index >= 15 is 8.78 Å². The Morgan fingerprint density at radius 3 is 2.36 bits per heavy atom. The van der Waals surface area contributed by atoms with Gasteiger partial charge in [-0.25, -0.2) is 18.4 Å². The first-order valence-corrected chi connectivity index (χ1v) is 18.2. The molecule has 298 valence electrons. The molecule has 2 aliphatic rings. The Hall–Kier alpha value is -4.10. The lowest BCUT2D eigenvalue weighted by molar-refractivity contribution is -0.274. The van der Waals surface area contributed by atoms with Gasteiger partial charge in [0, 0.05) is 34.0 Å². The number of nitrogens with one attached hydrogen (secondary N) is 2. The lowest BCUT2D eigenvalue weighted by Gasteiger charge is -2.40. The van der Waals surface area contributed by atoms with Crippen molar-refractivity contribution in [3.8, 4) is 6.07 Å². The largest absolute Gasteiger partial charge is 0.495 e. The SMILES string of the molecule is CCC1C(O)C(OC(=O)C(C)=CC(OC)=C(C)NC(=O)C2NC(CC(C)(C)C)C(C#N)(c3ccc(Cl)cc3F)C2c2cccc(Cl)c2F)OC(C(=O)O)C1O. The molecule has 1 amide bonds. The molecule has 9 unspecified atom stereocenters. The number of hydrogen-bond donors (Lipinski definition) is 5. The highest BCUT2D eigenvalue weighted by Gasteiger charge is 2.61. The number of nitrogens with zero attached hydrogens (tertiary/aromatic N) is 1. The number of nitriles is 1. The number of methoxy groups -OCH3 is 1. The maximum Gasteiger partial charge on any atom is 0.336 e. The Kier molecular flexibility index (Phi) is 13.8. The van der Waals surface area contributed by atoms with Gasteiger partial charge in [0.05, 0.1) is 36.0 Å². The van der Waals surface area contributed by atoms with Crippen LogP contribution in [0.25, 0.3) is 0 Å². The molecule has 5 N–H and O–H groups in total. The van der Waals surface area contributed by atoms with Crippen LogP contribution in [0.15, 0.2) is 59.5 Å². The van der Waals surface area contributed by atoms with Gasteiger partial charge in [-0.3, -0.25) is 4.79 Å². The Labute approximate surface area is 328 Å². The highest BCUT2D eigenvalue weighted by Crippen LogP contribution is 2.52. The molecular formula is C39H45Cl2F2N3O9. The molecule has 2 aromatic rings. The number of carbonyl (C=O) groups excluding carboxylic acids is 2. The van der Waals surface area contributed by atoms with Crippen molar-refractivity contribution in [3.63, 3.8) is 0 Å². The van der Waals surface area contributed by atoms with E-state index in [2.05, 4.69) is 16.7 Å². The second-order valence-corrected chi connectivity index (χ2v) is 15.8. The summed E-state index contributed by atoms with van der Waals surface area (Å²) in [4.78, 5) is 39.2. The second-order valence-electron chi connectivity index (χ2n) is 14.9. The number of esters is 1. The van der Waals surface area contributed by atoms with Gasteiger partial charge >= 0.3 is 11.9 Å². The van der Waals surface area contributed by atoms with Gasteiger partial charge in [-0.1, -0.05) is 69.1 Å². The first-order valence-electron chi connectivity index (χ1n) is 17.5. The van der Waals surface area contributed by atoms with Crippen LogP contribution in [0.5, 0.6) is 0 Å². The highest BCUT2D eigenvalue weighted by molar-refractivity contribution is 6.31. The Bertz CT molecular complexity index is 1910. The summed E-state index contributed by atoms with van der Waals surface area (Å²) in [5.74, 6) is -7.34. The fourth-order valence-corrected chi connectivity index (χ4v) is 7.71. The van der Waals surface area contributed by atoms with Gasteiger partial charge in [-0.15, -0.1) is 0 Å². The molecule has 16 heteroatoms. The lowest BCUT2D eigenvalue weighted by atomic mass is 9.62. The number of hydrogen-bond acceptors (Lipinski definition) is 10. The zero-order chi connectivity index (χ0) is 41.2. The number of rotatable bonds is 11. The normalized spacial score (nSPS) is 28.8. The fourth-order valence-electron chi connectivity index (χ4n) is 7.37. The number of carbonyl (C=O) groups is 3. The van der Waals surface area contributed by atoms with Crippen molar-refractivity contribution >= 4 is 41.0 Å². The number of benzene rings is 2. The zero-order valence-electron chi connectivity index (χ0n) is 31.3. The van der Waals surface area contributed by atoms with Gasteiger partial charge in [-0.2, -0.15) is 5.26 Å². The van der Waals surface area contributed by atoms with Crippen LogP contribution in [-0.2, 0) is 34.0 Å². The maximum atomic E-state index is 16.0. The molecule has 4 rings (SSSR count). The van der Waals surface area contributed by atoms with E-state index in [0.717, 1.165) is 6.07 Å². The number of amides is 1. The van der Waals surface area contributed by atoms with E-state index < -0.39 is 88.8 Å². The van der Waals surface area contributed by atoms with Crippen LogP contribution >= 0.6 is 23.2 Å². The third-order valence-electron chi connectivity index (χ3n) is 9.99. The summed E-state index contributed by atoms with van der Waals surface area (Å²) in [7, 11) is 1.26. The molecule has 9 atom stereocenters. The van der Waals surface area contributed by atoms with Gasteiger partial charge < -0.3 is 40.2 Å². The average molecular weight is 809 g/mol. The predicted molar refractivity (Wildman–Crippen MR) is 197 cm³/mol. The summed E-state index contributed by atoms with van der Waals surface area (Å²) in [6.07, 6.45) is -4.93. The van der Waals surface area contributed by atoms with Crippen LogP contribution in [0.2, 0.25) is 10.0 Å². The van der Waals surface area contributed by atoms with Crippen molar-refractivity contribution in [3.05, 3.63) is 92.3 Å². The second kappa shape index (κ2) is 17.4. The van der Waals surface area contributed by atoms with Crippen molar-refractivity contribution < 1.29 is 52.7 Å².